The van der Waals surface area contributed by atoms with Crippen LogP contribution in [-0.4, -0.2) is 35.2 Å². The Morgan fingerprint density at radius 1 is 1.53 bits per heavy atom. The van der Waals surface area contributed by atoms with Crippen LogP contribution in [0.5, 0.6) is 0 Å². The van der Waals surface area contributed by atoms with E-state index in [2.05, 4.69) is 6.58 Å². The lowest BCUT2D eigenvalue weighted by Gasteiger charge is -2.17. The molecule has 0 spiro atoms. The van der Waals surface area contributed by atoms with Gasteiger partial charge in [-0.15, -0.1) is 6.58 Å². The molecule has 0 aliphatic carbocycles. The zero-order chi connectivity index (χ0) is 13.8. The largest absolute Gasteiger partial charge is 0.465 e. The topological polar surface area (TPSA) is 66.8 Å². The quantitative estimate of drug-likeness (QED) is 0.650. The fourth-order valence-corrected chi connectivity index (χ4v) is 2.03. The number of esters is 1. The second-order valence-electron chi connectivity index (χ2n) is 4.33. The lowest BCUT2D eigenvalue weighted by atomic mass is 10.0. The number of carboxylic acid groups (broad SMARTS) is 1. The van der Waals surface area contributed by atoms with Crippen LogP contribution < -0.4 is 0 Å². The number of benzene rings is 1. The number of ether oxygens (including phenoxy) is 1. The predicted molar refractivity (Wildman–Crippen MR) is 69.1 cm³/mol. The molecule has 1 aromatic rings. The summed E-state index contributed by atoms with van der Waals surface area (Å²) >= 11 is 0. The molecule has 0 saturated heterocycles. The third-order valence-corrected chi connectivity index (χ3v) is 3.04. The molecule has 0 unspecified atom stereocenters. The standard InChI is InChI=1S/C14H15NO4/c1-2-6-15(14(17)18)7-5-10-3-4-12-11(8-10)9-19-13(12)16/h2-4,8H,1,5-7,9H2,(H,17,18). The molecule has 0 aromatic heterocycles. The summed E-state index contributed by atoms with van der Waals surface area (Å²) in [7, 11) is 0. The summed E-state index contributed by atoms with van der Waals surface area (Å²) in [5.74, 6) is -0.291. The first-order chi connectivity index (χ1) is 9.11. The van der Waals surface area contributed by atoms with Crippen molar-refractivity contribution in [2.24, 2.45) is 0 Å². The van der Waals surface area contributed by atoms with Crippen LogP contribution in [0.2, 0.25) is 0 Å². The van der Waals surface area contributed by atoms with Crippen molar-refractivity contribution in [3.63, 3.8) is 0 Å². The average molecular weight is 261 g/mol. The molecule has 19 heavy (non-hydrogen) atoms. The Bertz CT molecular complexity index is 524. The Morgan fingerprint density at radius 3 is 3.00 bits per heavy atom. The number of fused-ring (bicyclic) bond motifs is 1. The fraction of sp³-hybridized carbons (Fsp3) is 0.286. The minimum atomic E-state index is -0.959. The van der Waals surface area contributed by atoms with E-state index in [1.54, 1.807) is 12.1 Å². The van der Waals surface area contributed by atoms with Gasteiger partial charge in [0.05, 0.1) is 5.56 Å². The number of hydrogen-bond acceptors (Lipinski definition) is 3. The highest BCUT2D eigenvalue weighted by Crippen LogP contribution is 2.21. The van der Waals surface area contributed by atoms with Gasteiger partial charge in [-0.05, 0) is 18.1 Å². The lowest BCUT2D eigenvalue weighted by molar-refractivity contribution is 0.0535. The van der Waals surface area contributed by atoms with Gasteiger partial charge < -0.3 is 14.7 Å². The Balaban J connectivity index is 2.02. The number of rotatable bonds is 5. The monoisotopic (exact) mass is 261 g/mol. The first kappa shape index (κ1) is 13.1. The molecule has 0 saturated carbocycles. The molecule has 1 heterocycles. The number of carbonyl (C=O) groups excluding carboxylic acids is 1. The third kappa shape index (κ3) is 2.93. The van der Waals surface area contributed by atoms with Crippen molar-refractivity contribution in [1.82, 2.24) is 4.90 Å². The maximum atomic E-state index is 11.3. The van der Waals surface area contributed by atoms with E-state index in [0.717, 1.165) is 11.1 Å². The molecule has 1 aromatic carbocycles. The lowest BCUT2D eigenvalue weighted by Crippen LogP contribution is -2.31. The second-order valence-corrected chi connectivity index (χ2v) is 4.33. The molecule has 1 aliphatic rings. The Labute approximate surface area is 111 Å². The van der Waals surface area contributed by atoms with Crippen LogP contribution in [0.4, 0.5) is 4.79 Å². The molecule has 1 amide bonds. The van der Waals surface area contributed by atoms with Crippen molar-refractivity contribution in [2.75, 3.05) is 13.1 Å². The summed E-state index contributed by atoms with van der Waals surface area (Å²) in [6.45, 7) is 4.54. The van der Waals surface area contributed by atoms with Crippen LogP contribution in [0.1, 0.15) is 21.5 Å². The van der Waals surface area contributed by atoms with Gasteiger partial charge in [-0.2, -0.15) is 0 Å². The van der Waals surface area contributed by atoms with E-state index in [1.165, 1.54) is 4.90 Å². The van der Waals surface area contributed by atoms with Gasteiger partial charge in [0.2, 0.25) is 0 Å². The highest BCUT2D eigenvalue weighted by Gasteiger charge is 2.21. The first-order valence-electron chi connectivity index (χ1n) is 5.99. The Kier molecular flexibility index (Phi) is 3.85. The van der Waals surface area contributed by atoms with Crippen molar-refractivity contribution in [3.05, 3.63) is 47.5 Å². The van der Waals surface area contributed by atoms with Crippen molar-refractivity contribution in [3.8, 4) is 0 Å². The van der Waals surface area contributed by atoms with Gasteiger partial charge >= 0.3 is 12.1 Å². The van der Waals surface area contributed by atoms with E-state index in [0.29, 0.717) is 31.7 Å². The van der Waals surface area contributed by atoms with Crippen LogP contribution in [0.25, 0.3) is 0 Å². The summed E-state index contributed by atoms with van der Waals surface area (Å²) in [5, 5.41) is 8.99. The molecule has 0 atom stereocenters. The zero-order valence-corrected chi connectivity index (χ0v) is 10.5. The summed E-state index contributed by atoms with van der Waals surface area (Å²) in [6, 6.07) is 5.46. The van der Waals surface area contributed by atoms with Crippen molar-refractivity contribution in [1.29, 1.82) is 0 Å². The molecule has 0 radical (unpaired) electrons. The van der Waals surface area contributed by atoms with Crippen molar-refractivity contribution in [2.45, 2.75) is 13.0 Å². The smallest absolute Gasteiger partial charge is 0.407 e. The van der Waals surface area contributed by atoms with E-state index in [-0.39, 0.29) is 5.97 Å². The molecular formula is C14H15NO4. The maximum absolute atomic E-state index is 11.3. The number of hydrogen-bond donors (Lipinski definition) is 1. The average Bonchev–Trinajstić information content (AvgIpc) is 2.75. The van der Waals surface area contributed by atoms with Crippen molar-refractivity contribution < 1.29 is 19.4 Å². The van der Waals surface area contributed by atoms with E-state index < -0.39 is 6.09 Å². The Morgan fingerprint density at radius 2 is 2.32 bits per heavy atom. The fourth-order valence-electron chi connectivity index (χ4n) is 2.03. The predicted octanol–water partition coefficient (Wildman–Crippen LogP) is 2.07. The van der Waals surface area contributed by atoms with Gasteiger partial charge in [-0.3, -0.25) is 0 Å². The summed E-state index contributed by atoms with van der Waals surface area (Å²) < 4.78 is 4.92. The first-order valence-corrected chi connectivity index (χ1v) is 5.99. The molecule has 1 N–H and O–H groups in total. The van der Waals surface area contributed by atoms with Gasteiger partial charge in [-0.25, -0.2) is 9.59 Å². The normalized spacial score (nSPS) is 12.7. The van der Waals surface area contributed by atoms with Crippen LogP contribution in [0.15, 0.2) is 30.9 Å². The number of carbonyl (C=O) groups is 2. The maximum Gasteiger partial charge on any atom is 0.407 e. The minimum Gasteiger partial charge on any atom is -0.465 e. The van der Waals surface area contributed by atoms with E-state index in [1.807, 2.05) is 12.1 Å². The molecular weight excluding hydrogens is 246 g/mol. The summed E-state index contributed by atoms with van der Waals surface area (Å²) in [4.78, 5) is 23.5. The van der Waals surface area contributed by atoms with Crippen LogP contribution in [-0.2, 0) is 17.8 Å². The molecule has 2 rings (SSSR count). The van der Waals surface area contributed by atoms with Gasteiger partial charge in [-0.1, -0.05) is 18.2 Å². The molecule has 0 bridgehead atoms. The van der Waals surface area contributed by atoms with Crippen molar-refractivity contribution >= 4 is 12.1 Å². The Hall–Kier alpha value is -2.30. The molecule has 1 aliphatic heterocycles. The van der Waals surface area contributed by atoms with Gasteiger partial charge in [0.25, 0.3) is 0 Å². The zero-order valence-electron chi connectivity index (χ0n) is 10.5. The molecule has 0 fully saturated rings. The highest BCUT2D eigenvalue weighted by atomic mass is 16.5. The second kappa shape index (κ2) is 5.56. The van der Waals surface area contributed by atoms with Gasteiger partial charge in [0.15, 0.2) is 0 Å². The molecule has 5 nitrogen and oxygen atoms in total. The molecule has 100 valence electrons. The van der Waals surface area contributed by atoms with E-state index >= 15 is 0 Å². The SMILES string of the molecule is C=CCN(CCc1ccc2c(c1)COC2=O)C(=O)O. The van der Waals surface area contributed by atoms with Crippen LogP contribution in [0.3, 0.4) is 0 Å². The minimum absolute atomic E-state index is 0.291. The number of cyclic esters (lactones) is 1. The van der Waals surface area contributed by atoms with Gasteiger partial charge in [0, 0.05) is 18.7 Å². The summed E-state index contributed by atoms with van der Waals surface area (Å²) in [5.41, 5.74) is 2.46. The van der Waals surface area contributed by atoms with E-state index in [4.69, 9.17) is 9.84 Å². The number of amides is 1. The van der Waals surface area contributed by atoms with E-state index in [9.17, 15) is 9.59 Å². The van der Waals surface area contributed by atoms with Gasteiger partial charge in [0.1, 0.15) is 6.61 Å². The highest BCUT2D eigenvalue weighted by molar-refractivity contribution is 5.93. The summed E-state index contributed by atoms with van der Waals surface area (Å²) in [6.07, 6.45) is 1.20. The molecule has 5 heteroatoms. The third-order valence-electron chi connectivity index (χ3n) is 3.04. The van der Waals surface area contributed by atoms with Crippen LogP contribution in [0, 0.1) is 0 Å². The number of nitrogens with zero attached hydrogens (tertiary/aromatic N) is 1. The van der Waals surface area contributed by atoms with Crippen LogP contribution >= 0.6 is 0 Å².